The van der Waals surface area contributed by atoms with Crippen LogP contribution in [0.5, 0.6) is 0 Å². The zero-order chi connectivity index (χ0) is 18.2. The number of aromatic nitrogens is 1. The van der Waals surface area contributed by atoms with Crippen LogP contribution in [-0.2, 0) is 0 Å². The molecular weight excluding hydrogens is 328 g/mol. The van der Waals surface area contributed by atoms with Crippen LogP contribution in [0.3, 0.4) is 0 Å². The second-order valence-electron chi connectivity index (χ2n) is 5.31. The molecule has 26 heavy (non-hydrogen) atoms. The minimum absolute atomic E-state index is 0.255. The fourth-order valence-corrected chi connectivity index (χ4v) is 2.34. The van der Waals surface area contributed by atoms with Gasteiger partial charge in [-0.1, -0.05) is 48.5 Å². The van der Waals surface area contributed by atoms with Gasteiger partial charge in [-0.2, -0.15) is 0 Å². The van der Waals surface area contributed by atoms with Crippen LogP contribution in [0.15, 0.2) is 87.9 Å². The van der Waals surface area contributed by atoms with E-state index in [2.05, 4.69) is 10.3 Å². The molecule has 0 radical (unpaired) electrons. The molecule has 0 aliphatic carbocycles. The molecule has 4 aromatic rings. The largest absolute Gasteiger partial charge is 0.449 e. The molecule has 0 aliphatic rings. The molecular formula is C21H18N2O3. The van der Waals surface area contributed by atoms with E-state index in [-0.39, 0.29) is 5.76 Å². The maximum atomic E-state index is 11.1. The number of carbonyl (C=O) groups excluding carboxylic acids is 1. The Morgan fingerprint density at radius 1 is 0.885 bits per heavy atom. The number of hydrogen-bond donors (Lipinski definition) is 1. The summed E-state index contributed by atoms with van der Waals surface area (Å²) < 4.78 is 10.4. The van der Waals surface area contributed by atoms with Crippen LogP contribution in [0.2, 0.25) is 0 Å². The first-order valence-corrected chi connectivity index (χ1v) is 8.10. The van der Waals surface area contributed by atoms with Crippen molar-refractivity contribution in [3.05, 3.63) is 84.8 Å². The van der Waals surface area contributed by atoms with Gasteiger partial charge in [0.1, 0.15) is 5.69 Å². The number of benzene rings is 2. The van der Waals surface area contributed by atoms with Crippen LogP contribution in [0.1, 0.15) is 10.6 Å². The van der Waals surface area contributed by atoms with Crippen molar-refractivity contribution in [1.29, 1.82) is 0 Å². The Morgan fingerprint density at radius 3 is 2.04 bits per heavy atom. The molecule has 5 nitrogen and oxygen atoms in total. The second kappa shape index (κ2) is 8.48. The Balaban J connectivity index is 0.000000236. The zero-order valence-electron chi connectivity index (χ0n) is 14.3. The molecule has 0 saturated heterocycles. The van der Waals surface area contributed by atoms with Gasteiger partial charge < -0.3 is 14.2 Å². The number of hydrogen-bond acceptors (Lipinski definition) is 5. The molecule has 0 aliphatic heterocycles. The van der Waals surface area contributed by atoms with Crippen LogP contribution < -0.4 is 5.32 Å². The number of oxazole rings is 1. The molecule has 5 heteroatoms. The maximum absolute atomic E-state index is 11.1. The standard InChI is InChI=1S/C16H11NO2.C5H7NO/c18-11-14-15(12-7-3-1-4-8-12)17-16(19-14)13-9-5-2-6-10-13;1-6-5-3-2-4-7-5/h1-11H;2-4,6H,1H3. The first-order valence-electron chi connectivity index (χ1n) is 8.10. The van der Waals surface area contributed by atoms with Crippen molar-refractivity contribution in [1.82, 2.24) is 4.98 Å². The van der Waals surface area contributed by atoms with Crippen molar-refractivity contribution < 1.29 is 13.6 Å². The van der Waals surface area contributed by atoms with Gasteiger partial charge in [0.25, 0.3) is 0 Å². The van der Waals surface area contributed by atoms with E-state index in [9.17, 15) is 4.79 Å². The highest BCUT2D eigenvalue weighted by atomic mass is 16.4. The van der Waals surface area contributed by atoms with Gasteiger partial charge in [-0.05, 0) is 18.2 Å². The number of rotatable bonds is 4. The van der Waals surface area contributed by atoms with Gasteiger partial charge in [0, 0.05) is 24.2 Å². The van der Waals surface area contributed by atoms with E-state index in [0.717, 1.165) is 17.0 Å². The predicted molar refractivity (Wildman–Crippen MR) is 101 cm³/mol. The van der Waals surface area contributed by atoms with Crippen molar-refractivity contribution in [2.75, 3.05) is 12.4 Å². The van der Waals surface area contributed by atoms with Crippen molar-refractivity contribution in [2.45, 2.75) is 0 Å². The molecule has 1 N–H and O–H groups in total. The molecule has 4 rings (SSSR count). The Hall–Kier alpha value is -3.60. The minimum atomic E-state index is 0.255. The summed E-state index contributed by atoms with van der Waals surface area (Å²) in [6.07, 6.45) is 2.33. The quantitative estimate of drug-likeness (QED) is 0.518. The van der Waals surface area contributed by atoms with Gasteiger partial charge >= 0.3 is 0 Å². The first-order chi connectivity index (χ1) is 12.8. The fraction of sp³-hybridized carbons (Fsp3) is 0.0476. The van der Waals surface area contributed by atoms with E-state index in [1.807, 2.05) is 79.8 Å². The van der Waals surface area contributed by atoms with Gasteiger partial charge in [-0.25, -0.2) is 4.98 Å². The number of nitrogens with zero attached hydrogens (tertiary/aromatic N) is 1. The molecule has 0 fully saturated rings. The molecule has 0 saturated carbocycles. The Morgan fingerprint density at radius 2 is 1.54 bits per heavy atom. The monoisotopic (exact) mass is 346 g/mol. The lowest BCUT2D eigenvalue weighted by Gasteiger charge is -1.94. The molecule has 0 spiro atoms. The van der Waals surface area contributed by atoms with E-state index in [4.69, 9.17) is 8.83 Å². The number of carbonyl (C=O) groups is 1. The van der Waals surface area contributed by atoms with Crippen molar-refractivity contribution >= 4 is 12.2 Å². The van der Waals surface area contributed by atoms with Gasteiger partial charge in [-0.15, -0.1) is 0 Å². The lowest BCUT2D eigenvalue weighted by atomic mass is 10.1. The molecule has 0 unspecified atom stereocenters. The lowest BCUT2D eigenvalue weighted by molar-refractivity contribution is 0.110. The average Bonchev–Trinajstić information content (AvgIpc) is 3.39. The minimum Gasteiger partial charge on any atom is -0.449 e. The van der Waals surface area contributed by atoms with E-state index >= 15 is 0 Å². The predicted octanol–water partition coefficient (Wildman–Crippen LogP) is 5.14. The summed E-state index contributed by atoms with van der Waals surface area (Å²) in [4.78, 5) is 15.5. The smallest absolute Gasteiger partial charge is 0.227 e. The molecule has 2 aromatic heterocycles. The van der Waals surface area contributed by atoms with Crippen LogP contribution >= 0.6 is 0 Å². The number of aldehydes is 1. The normalized spacial score (nSPS) is 9.88. The zero-order valence-corrected chi connectivity index (χ0v) is 14.3. The van der Waals surface area contributed by atoms with E-state index in [0.29, 0.717) is 17.9 Å². The van der Waals surface area contributed by atoms with Crippen LogP contribution in [-0.4, -0.2) is 18.3 Å². The van der Waals surface area contributed by atoms with Gasteiger partial charge in [0.05, 0.1) is 6.26 Å². The van der Waals surface area contributed by atoms with E-state index in [1.165, 1.54) is 0 Å². The van der Waals surface area contributed by atoms with Crippen LogP contribution in [0.4, 0.5) is 5.88 Å². The van der Waals surface area contributed by atoms with Crippen molar-refractivity contribution in [2.24, 2.45) is 0 Å². The molecule has 0 atom stereocenters. The number of nitrogens with one attached hydrogen (secondary N) is 1. The highest BCUT2D eigenvalue weighted by Crippen LogP contribution is 2.27. The summed E-state index contributed by atoms with van der Waals surface area (Å²) in [5.41, 5.74) is 2.30. The summed E-state index contributed by atoms with van der Waals surface area (Å²) in [6, 6.07) is 22.8. The van der Waals surface area contributed by atoms with Crippen molar-refractivity contribution in [3.8, 4) is 22.7 Å². The van der Waals surface area contributed by atoms with E-state index < -0.39 is 0 Å². The van der Waals surface area contributed by atoms with E-state index in [1.54, 1.807) is 6.26 Å². The third kappa shape index (κ3) is 4.08. The van der Waals surface area contributed by atoms with Crippen LogP contribution in [0.25, 0.3) is 22.7 Å². The van der Waals surface area contributed by atoms with Crippen LogP contribution in [0, 0.1) is 0 Å². The first kappa shape index (κ1) is 17.2. The Labute approximate surface area is 151 Å². The lowest BCUT2D eigenvalue weighted by Crippen LogP contribution is -1.83. The molecule has 0 amide bonds. The SMILES string of the molecule is CNc1ccco1.O=Cc1oc(-c2ccccc2)nc1-c1ccccc1. The van der Waals surface area contributed by atoms with Gasteiger partial charge in [0.2, 0.25) is 5.89 Å². The summed E-state index contributed by atoms with van der Waals surface area (Å²) in [5.74, 6) is 1.52. The third-order valence-electron chi connectivity index (χ3n) is 3.60. The number of anilines is 1. The summed E-state index contributed by atoms with van der Waals surface area (Å²) in [5, 5.41) is 2.84. The molecule has 2 heterocycles. The molecule has 0 bridgehead atoms. The van der Waals surface area contributed by atoms with Crippen molar-refractivity contribution in [3.63, 3.8) is 0 Å². The molecule has 2 aromatic carbocycles. The summed E-state index contributed by atoms with van der Waals surface area (Å²) in [6.45, 7) is 0. The summed E-state index contributed by atoms with van der Waals surface area (Å²) >= 11 is 0. The summed E-state index contributed by atoms with van der Waals surface area (Å²) in [7, 11) is 1.82. The molecule has 130 valence electrons. The highest BCUT2D eigenvalue weighted by Gasteiger charge is 2.15. The van der Waals surface area contributed by atoms with Gasteiger partial charge in [-0.3, -0.25) is 4.79 Å². The third-order valence-corrected chi connectivity index (χ3v) is 3.60. The number of furan rings is 1. The van der Waals surface area contributed by atoms with Gasteiger partial charge in [0.15, 0.2) is 17.9 Å². The maximum Gasteiger partial charge on any atom is 0.227 e. The second-order valence-corrected chi connectivity index (χ2v) is 5.31. The Bertz CT molecular complexity index is 930. The Kier molecular flexibility index (Phi) is 5.62. The topological polar surface area (TPSA) is 68.3 Å². The average molecular weight is 346 g/mol. The highest BCUT2D eigenvalue weighted by molar-refractivity contribution is 5.83. The fourth-order valence-electron chi connectivity index (χ4n) is 2.34.